The van der Waals surface area contributed by atoms with Gasteiger partial charge in [0.1, 0.15) is 31.1 Å². The van der Waals surface area contributed by atoms with Crippen molar-refractivity contribution in [2.45, 2.75) is 117 Å². The Labute approximate surface area is 368 Å². The van der Waals surface area contributed by atoms with Crippen LogP contribution in [0.3, 0.4) is 0 Å². The highest BCUT2D eigenvalue weighted by Gasteiger charge is 2.56. The first-order valence-electron chi connectivity index (χ1n) is 18.9. The van der Waals surface area contributed by atoms with Crippen LogP contribution in [0.25, 0.3) is 12.2 Å². The van der Waals surface area contributed by atoms with E-state index < -0.39 is 138 Å². The molecule has 0 unspecified atom stereocenters. The summed E-state index contributed by atoms with van der Waals surface area (Å²) in [6, 6.07) is 6.33. The van der Waals surface area contributed by atoms with Crippen LogP contribution in [0.2, 0.25) is 5.02 Å². The Balaban J connectivity index is 2.13. The van der Waals surface area contributed by atoms with E-state index >= 15 is 0 Å². The summed E-state index contributed by atoms with van der Waals surface area (Å²) in [6.07, 6.45) is -14.6. The van der Waals surface area contributed by atoms with Crippen LogP contribution in [0, 0.1) is 4.77 Å². The van der Waals surface area contributed by atoms with Gasteiger partial charge in [0.2, 0.25) is 4.77 Å². The van der Waals surface area contributed by atoms with Gasteiger partial charge in [-0.05, 0) is 36.0 Å². The molecular formula is C39H44ClN3O19S. The zero-order valence-electron chi connectivity index (χ0n) is 35.0. The number of ether oxygens (including phenoxy) is 10. The Kier molecular flexibility index (Phi) is 17.2. The maximum Gasteiger partial charge on any atom is 0.303 e. The summed E-state index contributed by atoms with van der Waals surface area (Å²) in [7, 11) is 0. The second-order valence-electron chi connectivity index (χ2n) is 13.9. The van der Waals surface area contributed by atoms with Crippen molar-refractivity contribution >= 4 is 83.7 Å². The fourth-order valence-corrected chi connectivity index (χ4v) is 7.04. The maximum atomic E-state index is 14.8. The first-order valence-corrected chi connectivity index (χ1v) is 19.7. The molecule has 4 rings (SSSR count). The van der Waals surface area contributed by atoms with Gasteiger partial charge in [0.15, 0.2) is 49.1 Å². The molecule has 0 spiro atoms. The topological polar surface area (TPSA) is 269 Å². The SMILES string of the molecule is CC(=O)OC[C@H]1O[C@@H](n2nc(/C=C/c3ccc(Cl)cc3)c(=O)n([C@@H]3O[C@H](COC(C)=O)[C@@H](OC(C)=O)[C@H](OC(C)=O)[C@H]3OC(C)=O)c2=S)[C@H](OC(C)=O)[C@@H](OC(C)=O)[C@@H]1OC(C)=O. The molecule has 0 bridgehead atoms. The molecule has 2 aliphatic rings. The number of aromatic nitrogens is 3. The lowest BCUT2D eigenvalue weighted by Gasteiger charge is -2.45. The molecule has 24 heteroatoms. The van der Waals surface area contributed by atoms with E-state index in [1.165, 1.54) is 12.2 Å². The number of hydrogen-bond acceptors (Lipinski definition) is 21. The number of esters is 8. The minimum Gasteiger partial charge on any atom is -0.463 e. The van der Waals surface area contributed by atoms with Crippen LogP contribution in [-0.2, 0) is 85.7 Å². The lowest BCUT2D eigenvalue weighted by Crippen LogP contribution is -2.62. The van der Waals surface area contributed by atoms with E-state index in [4.69, 9.17) is 71.2 Å². The van der Waals surface area contributed by atoms with E-state index in [0.717, 1.165) is 64.6 Å². The van der Waals surface area contributed by atoms with Gasteiger partial charge < -0.3 is 47.4 Å². The van der Waals surface area contributed by atoms with Gasteiger partial charge in [-0.2, -0.15) is 5.10 Å². The van der Waals surface area contributed by atoms with Crippen LogP contribution < -0.4 is 5.56 Å². The number of carbonyl (C=O) groups is 8. The summed E-state index contributed by atoms with van der Waals surface area (Å²) < 4.78 is 57.3. The van der Waals surface area contributed by atoms with Crippen molar-refractivity contribution in [3.63, 3.8) is 0 Å². The van der Waals surface area contributed by atoms with Crippen LogP contribution >= 0.6 is 23.8 Å². The van der Waals surface area contributed by atoms with Crippen molar-refractivity contribution in [1.82, 2.24) is 14.3 Å². The van der Waals surface area contributed by atoms with E-state index in [9.17, 15) is 43.2 Å². The molecule has 0 saturated carbocycles. The molecule has 22 nitrogen and oxygen atoms in total. The van der Waals surface area contributed by atoms with Crippen molar-refractivity contribution in [1.29, 1.82) is 0 Å². The van der Waals surface area contributed by atoms with Gasteiger partial charge in [-0.25, -0.2) is 4.68 Å². The zero-order chi connectivity index (χ0) is 46.9. The largest absolute Gasteiger partial charge is 0.463 e. The minimum absolute atomic E-state index is 0.397. The molecular weight excluding hydrogens is 882 g/mol. The van der Waals surface area contributed by atoms with Gasteiger partial charge in [-0.3, -0.25) is 47.7 Å². The van der Waals surface area contributed by atoms with Crippen molar-refractivity contribution in [3.05, 3.63) is 55.7 Å². The molecule has 0 aliphatic carbocycles. The standard InChI is InChI=1S/C39H44ClN3O19S/c1-17(44)53-15-28-30(55-19(3)46)32(57-21(5)48)34(59-23(7)50)37(61-28)42-36(52)27(14-11-25-9-12-26(40)13-10-25)41-43(39(42)63)38-35(60-24(8)51)33(58-22(6)49)31(56-20(4)47)29(62-38)16-54-18(2)45/h9-14,28-35,37-38H,15-16H2,1-8H3/b14-11+/t28-,29-,30-,31-,32+,33+,34-,35-,37-,38-/m1/s1. The van der Waals surface area contributed by atoms with Crippen LogP contribution in [-0.4, -0.2) is 124 Å². The molecule has 63 heavy (non-hydrogen) atoms. The average Bonchev–Trinajstić information content (AvgIpc) is 3.16. The van der Waals surface area contributed by atoms with Crippen LogP contribution in [0.5, 0.6) is 0 Å². The Bertz CT molecular complexity index is 2240. The lowest BCUT2D eigenvalue weighted by molar-refractivity contribution is -0.274. The number of halogens is 1. The molecule has 2 fully saturated rings. The monoisotopic (exact) mass is 925 g/mol. The van der Waals surface area contributed by atoms with E-state index in [1.807, 2.05) is 0 Å². The number of hydrogen-bond donors (Lipinski definition) is 0. The average molecular weight is 926 g/mol. The number of nitrogens with zero attached hydrogens (tertiary/aromatic N) is 3. The van der Waals surface area contributed by atoms with Crippen molar-refractivity contribution < 1.29 is 85.7 Å². The van der Waals surface area contributed by atoms with Gasteiger partial charge in [-0.15, -0.1) is 0 Å². The molecule has 342 valence electrons. The maximum absolute atomic E-state index is 14.8. The van der Waals surface area contributed by atoms with E-state index in [1.54, 1.807) is 24.3 Å². The molecule has 1 aromatic carbocycles. The smallest absolute Gasteiger partial charge is 0.303 e. The Morgan fingerprint density at radius 1 is 0.587 bits per heavy atom. The minimum atomic E-state index is -1.95. The van der Waals surface area contributed by atoms with E-state index in [0.29, 0.717) is 10.6 Å². The highest BCUT2D eigenvalue weighted by atomic mass is 35.5. The molecule has 2 aromatic rings. The van der Waals surface area contributed by atoms with Crippen LogP contribution in [0.1, 0.15) is 79.1 Å². The summed E-state index contributed by atoms with van der Waals surface area (Å²) in [5, 5.41) is 4.86. The van der Waals surface area contributed by atoms with Gasteiger partial charge in [-0.1, -0.05) is 29.8 Å². The summed E-state index contributed by atoms with van der Waals surface area (Å²) in [4.78, 5) is 114. The van der Waals surface area contributed by atoms with Crippen molar-refractivity contribution in [2.75, 3.05) is 13.2 Å². The predicted molar refractivity (Wildman–Crippen MR) is 212 cm³/mol. The summed E-state index contributed by atoms with van der Waals surface area (Å²) in [5.41, 5.74) is -1.03. The van der Waals surface area contributed by atoms with Gasteiger partial charge in [0.05, 0.1) is 0 Å². The molecule has 2 saturated heterocycles. The molecule has 3 heterocycles. The third-order valence-corrected chi connectivity index (χ3v) is 9.42. The lowest BCUT2D eigenvalue weighted by atomic mass is 9.96. The third-order valence-electron chi connectivity index (χ3n) is 8.79. The second-order valence-corrected chi connectivity index (χ2v) is 14.7. The van der Waals surface area contributed by atoms with Gasteiger partial charge in [0, 0.05) is 60.4 Å². The molecule has 10 atom stereocenters. The van der Waals surface area contributed by atoms with Crippen LogP contribution in [0.15, 0.2) is 29.1 Å². The fraction of sp³-hybridized carbons (Fsp3) is 0.513. The Morgan fingerprint density at radius 2 is 0.968 bits per heavy atom. The predicted octanol–water partition coefficient (Wildman–Crippen LogP) is 2.11. The highest BCUT2D eigenvalue weighted by Crippen LogP contribution is 2.37. The van der Waals surface area contributed by atoms with Crippen LogP contribution in [0.4, 0.5) is 0 Å². The van der Waals surface area contributed by atoms with Gasteiger partial charge in [0.25, 0.3) is 5.56 Å². The van der Waals surface area contributed by atoms with E-state index in [2.05, 4.69) is 5.10 Å². The molecule has 0 radical (unpaired) electrons. The van der Waals surface area contributed by atoms with Crippen molar-refractivity contribution in [2.24, 2.45) is 0 Å². The van der Waals surface area contributed by atoms with Gasteiger partial charge >= 0.3 is 47.8 Å². The number of rotatable bonds is 14. The second kappa shape index (κ2) is 21.8. The first-order chi connectivity index (χ1) is 29.6. The Morgan fingerprint density at radius 3 is 1.38 bits per heavy atom. The number of carbonyl (C=O) groups excluding carboxylic acids is 8. The molecule has 0 N–H and O–H groups in total. The number of benzene rings is 1. The first kappa shape index (κ1) is 49.6. The fourth-order valence-electron chi connectivity index (χ4n) is 6.58. The highest BCUT2D eigenvalue weighted by molar-refractivity contribution is 7.71. The molecule has 0 amide bonds. The summed E-state index contributed by atoms with van der Waals surface area (Å²) in [6.45, 7) is 6.85. The third kappa shape index (κ3) is 13.2. The summed E-state index contributed by atoms with van der Waals surface area (Å²) >= 11 is 12.0. The molecule has 1 aromatic heterocycles. The zero-order valence-corrected chi connectivity index (χ0v) is 36.6. The van der Waals surface area contributed by atoms with Crippen molar-refractivity contribution in [3.8, 4) is 0 Å². The Hall–Kier alpha value is -6.04. The van der Waals surface area contributed by atoms with E-state index in [-0.39, 0.29) is 0 Å². The quantitative estimate of drug-likeness (QED) is 0.149. The summed E-state index contributed by atoms with van der Waals surface area (Å²) in [5.74, 6) is -7.35. The normalized spacial score (nSPS) is 25.5. The molecule has 2 aliphatic heterocycles.